The normalized spacial score (nSPS) is 11.0. The van der Waals surface area contributed by atoms with Crippen LogP contribution in [0, 0.1) is 5.41 Å². The van der Waals surface area contributed by atoms with Crippen molar-refractivity contribution in [2.24, 2.45) is 16.9 Å². The van der Waals surface area contributed by atoms with Crippen molar-refractivity contribution >= 4 is 11.9 Å². The first-order chi connectivity index (χ1) is 9.75. The summed E-state index contributed by atoms with van der Waals surface area (Å²) in [4.78, 5) is 24.6. The lowest BCUT2D eigenvalue weighted by Gasteiger charge is -2.29. The molecular formula is C15H24N4O2. The summed E-state index contributed by atoms with van der Waals surface area (Å²) in [7, 11) is 1.77. The molecule has 0 unspecified atom stereocenters. The van der Waals surface area contributed by atoms with Crippen LogP contribution in [0.1, 0.15) is 29.8 Å². The van der Waals surface area contributed by atoms with E-state index in [0.29, 0.717) is 25.2 Å². The molecule has 21 heavy (non-hydrogen) atoms. The number of nitrogens with zero attached hydrogens (tertiary/aromatic N) is 1. The van der Waals surface area contributed by atoms with E-state index in [1.807, 2.05) is 13.8 Å². The predicted molar refractivity (Wildman–Crippen MR) is 82.7 cm³/mol. The molecule has 5 N–H and O–H groups in total. The molecule has 0 aliphatic carbocycles. The first kappa shape index (κ1) is 17.0. The van der Waals surface area contributed by atoms with Crippen molar-refractivity contribution in [1.29, 1.82) is 0 Å². The number of hydrogen-bond donors (Lipinski definition) is 3. The lowest BCUT2D eigenvalue weighted by molar-refractivity contribution is 0.0740. The fourth-order valence-electron chi connectivity index (χ4n) is 1.95. The van der Waals surface area contributed by atoms with Crippen molar-refractivity contribution in [3.05, 3.63) is 35.4 Å². The first-order valence-electron chi connectivity index (χ1n) is 6.83. The highest BCUT2D eigenvalue weighted by Gasteiger charge is 2.21. The standard InChI is InChI=1S/C15H24N4O2/c1-15(2,9-16)10-19(3)13(20)12-6-4-11(5-7-12)8-18-14(17)21/h4-7H,8-10,16H2,1-3H3,(H3,17,18,21). The topological polar surface area (TPSA) is 101 Å². The summed E-state index contributed by atoms with van der Waals surface area (Å²) in [6.45, 7) is 5.50. The van der Waals surface area contributed by atoms with Gasteiger partial charge in [-0.25, -0.2) is 4.79 Å². The molecule has 0 bridgehead atoms. The summed E-state index contributed by atoms with van der Waals surface area (Å²) < 4.78 is 0. The molecule has 0 saturated heterocycles. The SMILES string of the molecule is CN(CC(C)(C)CN)C(=O)c1ccc(CNC(N)=O)cc1. The van der Waals surface area contributed by atoms with Crippen molar-refractivity contribution in [1.82, 2.24) is 10.2 Å². The van der Waals surface area contributed by atoms with Crippen LogP contribution in [-0.4, -0.2) is 37.0 Å². The van der Waals surface area contributed by atoms with Gasteiger partial charge in [0.1, 0.15) is 0 Å². The second-order valence-corrected chi connectivity index (χ2v) is 5.94. The van der Waals surface area contributed by atoms with Gasteiger partial charge in [0.05, 0.1) is 0 Å². The fraction of sp³-hybridized carbons (Fsp3) is 0.467. The van der Waals surface area contributed by atoms with E-state index in [0.717, 1.165) is 5.56 Å². The number of amides is 3. The minimum absolute atomic E-state index is 0.0501. The van der Waals surface area contributed by atoms with E-state index >= 15 is 0 Å². The first-order valence-corrected chi connectivity index (χ1v) is 6.83. The number of nitrogens with one attached hydrogen (secondary N) is 1. The van der Waals surface area contributed by atoms with Crippen molar-refractivity contribution in [3.63, 3.8) is 0 Å². The van der Waals surface area contributed by atoms with E-state index in [1.165, 1.54) is 0 Å². The molecule has 1 aromatic carbocycles. The van der Waals surface area contributed by atoms with E-state index in [1.54, 1.807) is 36.2 Å². The van der Waals surface area contributed by atoms with Crippen LogP contribution in [0.2, 0.25) is 0 Å². The second-order valence-electron chi connectivity index (χ2n) is 5.94. The van der Waals surface area contributed by atoms with Crippen molar-refractivity contribution in [2.45, 2.75) is 20.4 Å². The molecular weight excluding hydrogens is 268 g/mol. The Hall–Kier alpha value is -2.08. The highest BCUT2D eigenvalue weighted by molar-refractivity contribution is 5.94. The quantitative estimate of drug-likeness (QED) is 0.726. The Morgan fingerprint density at radius 2 is 1.81 bits per heavy atom. The third kappa shape index (κ3) is 5.43. The maximum atomic E-state index is 12.3. The van der Waals surface area contributed by atoms with Gasteiger partial charge in [-0.15, -0.1) is 0 Å². The maximum absolute atomic E-state index is 12.3. The lowest BCUT2D eigenvalue weighted by Crippen LogP contribution is -2.39. The zero-order valence-electron chi connectivity index (χ0n) is 12.8. The van der Waals surface area contributed by atoms with Gasteiger partial charge in [-0.05, 0) is 29.7 Å². The third-order valence-corrected chi connectivity index (χ3v) is 3.23. The predicted octanol–water partition coefficient (Wildman–Crippen LogP) is 0.912. The Kier molecular flexibility index (Phi) is 5.72. The number of carbonyl (C=O) groups is 2. The molecule has 0 heterocycles. The van der Waals surface area contributed by atoms with E-state index in [9.17, 15) is 9.59 Å². The van der Waals surface area contributed by atoms with Gasteiger partial charge in [0.2, 0.25) is 0 Å². The van der Waals surface area contributed by atoms with Gasteiger partial charge >= 0.3 is 6.03 Å². The summed E-state index contributed by atoms with van der Waals surface area (Å²) in [6.07, 6.45) is 0. The summed E-state index contributed by atoms with van der Waals surface area (Å²) in [6, 6.07) is 6.51. The van der Waals surface area contributed by atoms with Crippen LogP contribution in [0.15, 0.2) is 24.3 Å². The molecule has 1 aromatic rings. The van der Waals surface area contributed by atoms with Gasteiger partial charge in [0.25, 0.3) is 5.91 Å². The molecule has 3 amide bonds. The average Bonchev–Trinajstić information content (AvgIpc) is 2.44. The van der Waals surface area contributed by atoms with Gasteiger partial charge in [-0.3, -0.25) is 4.79 Å². The fourth-order valence-corrected chi connectivity index (χ4v) is 1.95. The van der Waals surface area contributed by atoms with Crippen molar-refractivity contribution < 1.29 is 9.59 Å². The molecule has 0 atom stereocenters. The summed E-state index contributed by atoms with van der Waals surface area (Å²) in [5.74, 6) is -0.0501. The highest BCUT2D eigenvalue weighted by Crippen LogP contribution is 2.16. The largest absolute Gasteiger partial charge is 0.352 e. The summed E-state index contributed by atoms with van der Waals surface area (Å²) in [5, 5.41) is 2.50. The molecule has 0 fully saturated rings. The number of urea groups is 1. The zero-order valence-corrected chi connectivity index (χ0v) is 12.8. The summed E-state index contributed by atoms with van der Waals surface area (Å²) >= 11 is 0. The van der Waals surface area contributed by atoms with Crippen LogP contribution in [-0.2, 0) is 6.54 Å². The van der Waals surface area contributed by atoms with Gasteiger partial charge in [-0.2, -0.15) is 0 Å². The number of primary amides is 1. The van der Waals surface area contributed by atoms with E-state index in [-0.39, 0.29) is 11.3 Å². The van der Waals surface area contributed by atoms with Crippen molar-refractivity contribution in [3.8, 4) is 0 Å². The third-order valence-electron chi connectivity index (χ3n) is 3.23. The molecule has 0 spiro atoms. The van der Waals surface area contributed by atoms with Gasteiger partial charge in [0.15, 0.2) is 0 Å². The van der Waals surface area contributed by atoms with E-state index in [2.05, 4.69) is 5.32 Å². The number of carbonyl (C=O) groups excluding carboxylic acids is 2. The monoisotopic (exact) mass is 292 g/mol. The van der Waals surface area contributed by atoms with Gasteiger partial charge in [-0.1, -0.05) is 26.0 Å². The van der Waals surface area contributed by atoms with Crippen molar-refractivity contribution in [2.75, 3.05) is 20.1 Å². The molecule has 6 heteroatoms. The lowest BCUT2D eigenvalue weighted by atomic mass is 9.93. The Labute approximate surface area is 125 Å². The minimum Gasteiger partial charge on any atom is -0.352 e. The molecule has 0 saturated carbocycles. The Balaban J connectivity index is 2.68. The molecule has 0 radical (unpaired) electrons. The molecule has 6 nitrogen and oxygen atoms in total. The molecule has 116 valence electrons. The number of benzene rings is 1. The molecule has 1 rings (SSSR count). The van der Waals surface area contributed by atoms with Crippen LogP contribution in [0.3, 0.4) is 0 Å². The second kappa shape index (κ2) is 7.08. The highest BCUT2D eigenvalue weighted by atomic mass is 16.2. The Morgan fingerprint density at radius 1 is 1.24 bits per heavy atom. The van der Waals surface area contributed by atoms with Gasteiger partial charge < -0.3 is 21.7 Å². The smallest absolute Gasteiger partial charge is 0.312 e. The minimum atomic E-state index is -0.570. The van der Waals surface area contributed by atoms with Crippen LogP contribution < -0.4 is 16.8 Å². The van der Waals surface area contributed by atoms with Crippen LogP contribution in [0.4, 0.5) is 4.79 Å². The van der Waals surface area contributed by atoms with E-state index < -0.39 is 6.03 Å². The van der Waals surface area contributed by atoms with Gasteiger partial charge in [0, 0.05) is 25.7 Å². The average molecular weight is 292 g/mol. The molecule has 0 aromatic heterocycles. The van der Waals surface area contributed by atoms with Crippen LogP contribution >= 0.6 is 0 Å². The zero-order chi connectivity index (χ0) is 16.0. The van der Waals surface area contributed by atoms with E-state index in [4.69, 9.17) is 11.5 Å². The Morgan fingerprint density at radius 3 is 2.29 bits per heavy atom. The number of hydrogen-bond acceptors (Lipinski definition) is 3. The van der Waals surface area contributed by atoms with Crippen LogP contribution in [0.5, 0.6) is 0 Å². The van der Waals surface area contributed by atoms with Crippen LogP contribution in [0.25, 0.3) is 0 Å². The maximum Gasteiger partial charge on any atom is 0.312 e. The number of rotatable bonds is 6. The summed E-state index contributed by atoms with van der Waals surface area (Å²) in [5.41, 5.74) is 12.1. The molecule has 0 aliphatic heterocycles. The number of nitrogens with two attached hydrogens (primary N) is 2. The Bertz CT molecular complexity index is 497. The molecule has 0 aliphatic rings.